The lowest BCUT2D eigenvalue weighted by molar-refractivity contribution is 0.112. The van der Waals surface area contributed by atoms with Crippen molar-refractivity contribution in [2.45, 2.75) is 32.4 Å². The zero-order valence-electron chi connectivity index (χ0n) is 10.4. The van der Waals surface area contributed by atoms with Crippen molar-refractivity contribution in [2.24, 2.45) is 0 Å². The summed E-state index contributed by atoms with van der Waals surface area (Å²) < 4.78 is 0. The Morgan fingerprint density at radius 3 is 2.59 bits per heavy atom. The quantitative estimate of drug-likeness (QED) is 0.696. The Hall–Kier alpha value is -1.39. The minimum absolute atomic E-state index is 0.0697. The molecular weight excluding hydrogens is 218 g/mol. The largest absolute Gasteiger partial charge is 0.507 e. The molecule has 1 aromatic rings. The smallest absolute Gasteiger partial charge is 0.153 e. The van der Waals surface area contributed by atoms with Gasteiger partial charge < -0.3 is 15.5 Å². The Labute approximate surface area is 101 Å². The molecule has 0 radical (unpaired) electrons. The molecule has 0 aliphatic carbocycles. The number of β-amino-alcohol motifs (C(OH)–C–C–N with tert-alkyl or cyclic N) is 1. The number of aldehydes is 1. The van der Waals surface area contributed by atoms with Crippen molar-refractivity contribution in [2.75, 3.05) is 6.54 Å². The average Bonchev–Trinajstić information content (AvgIpc) is 2.25. The Morgan fingerprint density at radius 2 is 2.06 bits per heavy atom. The molecule has 4 heteroatoms. The summed E-state index contributed by atoms with van der Waals surface area (Å²) in [5, 5.41) is 22.5. The Bertz CT molecular complexity index is 396. The number of phenols is 1. The van der Waals surface area contributed by atoms with E-state index < -0.39 is 6.10 Å². The fraction of sp³-hybridized carbons (Fsp3) is 0.462. The molecule has 94 valence electrons. The fourth-order valence-electron chi connectivity index (χ4n) is 1.40. The maximum atomic E-state index is 10.7. The van der Waals surface area contributed by atoms with Gasteiger partial charge in [-0.2, -0.15) is 0 Å². The second-order valence-electron chi connectivity index (χ2n) is 5.08. The standard InChI is InChI=1S/C13H19NO3/c1-13(2,3)14-7-12(17)9-4-5-11(16)10(6-9)8-15/h4-6,8,12,14,16-17H,7H2,1-3H3/t12-/m1/s1. The second kappa shape index (κ2) is 5.29. The molecule has 0 amide bonds. The second-order valence-corrected chi connectivity index (χ2v) is 5.08. The van der Waals surface area contributed by atoms with Crippen molar-refractivity contribution in [1.29, 1.82) is 0 Å². The zero-order chi connectivity index (χ0) is 13.1. The lowest BCUT2D eigenvalue weighted by Crippen LogP contribution is -2.38. The van der Waals surface area contributed by atoms with Gasteiger partial charge >= 0.3 is 0 Å². The summed E-state index contributed by atoms with van der Waals surface area (Å²) in [7, 11) is 0. The lowest BCUT2D eigenvalue weighted by atomic mass is 10.0. The van der Waals surface area contributed by atoms with Crippen LogP contribution in [0.3, 0.4) is 0 Å². The van der Waals surface area contributed by atoms with Gasteiger partial charge in [0.1, 0.15) is 5.75 Å². The molecule has 0 aliphatic heterocycles. The van der Waals surface area contributed by atoms with E-state index in [1.165, 1.54) is 12.1 Å². The molecule has 17 heavy (non-hydrogen) atoms. The summed E-state index contributed by atoms with van der Waals surface area (Å²) in [6.07, 6.45) is -0.128. The molecule has 0 unspecified atom stereocenters. The van der Waals surface area contributed by atoms with Gasteiger partial charge in [0, 0.05) is 12.1 Å². The van der Waals surface area contributed by atoms with Crippen LogP contribution in [0.5, 0.6) is 5.75 Å². The Morgan fingerprint density at radius 1 is 1.41 bits per heavy atom. The van der Waals surface area contributed by atoms with Gasteiger partial charge in [-0.1, -0.05) is 6.07 Å². The lowest BCUT2D eigenvalue weighted by Gasteiger charge is -2.23. The van der Waals surface area contributed by atoms with Gasteiger partial charge in [-0.3, -0.25) is 4.79 Å². The van der Waals surface area contributed by atoms with Crippen LogP contribution in [0.4, 0.5) is 0 Å². The number of aromatic hydroxyl groups is 1. The minimum Gasteiger partial charge on any atom is -0.507 e. The van der Waals surface area contributed by atoms with Gasteiger partial charge in [-0.25, -0.2) is 0 Å². The van der Waals surface area contributed by atoms with Gasteiger partial charge in [-0.15, -0.1) is 0 Å². The third kappa shape index (κ3) is 4.17. The maximum Gasteiger partial charge on any atom is 0.153 e. The summed E-state index contributed by atoms with van der Waals surface area (Å²) in [6.45, 7) is 6.42. The van der Waals surface area contributed by atoms with Crippen molar-refractivity contribution in [1.82, 2.24) is 5.32 Å². The van der Waals surface area contributed by atoms with Crippen molar-refractivity contribution in [3.63, 3.8) is 0 Å². The van der Waals surface area contributed by atoms with E-state index in [-0.39, 0.29) is 16.9 Å². The number of nitrogens with one attached hydrogen (secondary N) is 1. The molecular formula is C13H19NO3. The van der Waals surface area contributed by atoms with Crippen LogP contribution in [-0.4, -0.2) is 28.6 Å². The minimum atomic E-state index is -0.700. The van der Waals surface area contributed by atoms with Crippen LogP contribution in [0, 0.1) is 0 Å². The third-order valence-corrected chi connectivity index (χ3v) is 2.39. The summed E-state index contributed by atoms with van der Waals surface area (Å²) in [4.78, 5) is 10.7. The Balaban J connectivity index is 2.75. The fourth-order valence-corrected chi connectivity index (χ4v) is 1.40. The van der Waals surface area contributed by atoms with E-state index in [9.17, 15) is 15.0 Å². The molecule has 0 saturated carbocycles. The highest BCUT2D eigenvalue weighted by Gasteiger charge is 2.14. The van der Waals surface area contributed by atoms with Gasteiger partial charge in [-0.05, 0) is 38.5 Å². The van der Waals surface area contributed by atoms with Crippen LogP contribution in [0.15, 0.2) is 18.2 Å². The molecule has 1 atom stereocenters. The van der Waals surface area contributed by atoms with E-state index in [1.807, 2.05) is 20.8 Å². The Kier molecular flexibility index (Phi) is 4.26. The monoisotopic (exact) mass is 237 g/mol. The van der Waals surface area contributed by atoms with E-state index in [0.29, 0.717) is 18.4 Å². The molecule has 1 rings (SSSR count). The molecule has 0 heterocycles. The predicted molar refractivity (Wildman–Crippen MR) is 66.2 cm³/mol. The first-order valence-electron chi connectivity index (χ1n) is 5.54. The van der Waals surface area contributed by atoms with E-state index in [4.69, 9.17) is 0 Å². The maximum absolute atomic E-state index is 10.7. The number of phenolic OH excluding ortho intramolecular Hbond substituents is 1. The number of aliphatic hydroxyl groups is 1. The SMILES string of the molecule is CC(C)(C)NC[C@@H](O)c1ccc(O)c(C=O)c1. The van der Waals surface area contributed by atoms with Crippen molar-refractivity contribution in [3.05, 3.63) is 29.3 Å². The average molecular weight is 237 g/mol. The normalized spacial score (nSPS) is 13.4. The molecule has 0 bridgehead atoms. The van der Waals surface area contributed by atoms with Crippen LogP contribution in [0.25, 0.3) is 0 Å². The van der Waals surface area contributed by atoms with Gasteiger partial charge in [0.05, 0.1) is 11.7 Å². The molecule has 3 N–H and O–H groups in total. The van der Waals surface area contributed by atoms with E-state index in [1.54, 1.807) is 6.07 Å². The number of benzene rings is 1. The third-order valence-electron chi connectivity index (χ3n) is 2.39. The molecule has 0 aromatic heterocycles. The number of hydrogen-bond donors (Lipinski definition) is 3. The number of aliphatic hydroxyl groups excluding tert-OH is 1. The van der Waals surface area contributed by atoms with Crippen LogP contribution in [0.2, 0.25) is 0 Å². The first kappa shape index (κ1) is 13.7. The molecule has 0 fully saturated rings. The summed E-state index contributed by atoms with van der Waals surface area (Å²) in [6, 6.07) is 4.52. The highest BCUT2D eigenvalue weighted by Crippen LogP contribution is 2.21. The summed E-state index contributed by atoms with van der Waals surface area (Å²) in [5.74, 6) is -0.0697. The van der Waals surface area contributed by atoms with Crippen LogP contribution in [-0.2, 0) is 0 Å². The van der Waals surface area contributed by atoms with E-state index >= 15 is 0 Å². The van der Waals surface area contributed by atoms with Crippen molar-refractivity contribution in [3.8, 4) is 5.75 Å². The predicted octanol–water partition coefficient (Wildman–Crippen LogP) is 1.63. The van der Waals surface area contributed by atoms with Crippen LogP contribution >= 0.6 is 0 Å². The van der Waals surface area contributed by atoms with Crippen LogP contribution < -0.4 is 5.32 Å². The summed E-state index contributed by atoms with van der Waals surface area (Å²) >= 11 is 0. The number of rotatable bonds is 4. The van der Waals surface area contributed by atoms with Gasteiger partial charge in [0.15, 0.2) is 6.29 Å². The molecule has 4 nitrogen and oxygen atoms in total. The van der Waals surface area contributed by atoms with Crippen molar-refractivity contribution >= 4 is 6.29 Å². The molecule has 0 saturated heterocycles. The summed E-state index contributed by atoms with van der Waals surface area (Å²) in [5.41, 5.74) is 0.727. The highest BCUT2D eigenvalue weighted by molar-refractivity contribution is 5.79. The van der Waals surface area contributed by atoms with E-state index in [0.717, 1.165) is 0 Å². The number of hydrogen-bond acceptors (Lipinski definition) is 4. The molecule has 1 aromatic carbocycles. The van der Waals surface area contributed by atoms with Gasteiger partial charge in [0.2, 0.25) is 0 Å². The first-order chi connectivity index (χ1) is 7.83. The first-order valence-corrected chi connectivity index (χ1v) is 5.54. The number of carbonyl (C=O) groups excluding carboxylic acids is 1. The van der Waals surface area contributed by atoms with Crippen molar-refractivity contribution < 1.29 is 15.0 Å². The van der Waals surface area contributed by atoms with E-state index in [2.05, 4.69) is 5.32 Å². The van der Waals surface area contributed by atoms with Crippen LogP contribution in [0.1, 0.15) is 42.8 Å². The highest BCUT2D eigenvalue weighted by atomic mass is 16.3. The molecule has 0 spiro atoms. The van der Waals surface area contributed by atoms with Gasteiger partial charge in [0.25, 0.3) is 0 Å². The topological polar surface area (TPSA) is 69.6 Å². The number of carbonyl (C=O) groups is 1. The molecule has 0 aliphatic rings. The zero-order valence-corrected chi connectivity index (χ0v) is 10.4.